The molecule has 6 rings (SSSR count). The molecule has 164 valence electrons. The lowest BCUT2D eigenvalue weighted by molar-refractivity contribution is 0.174. The van der Waals surface area contributed by atoms with Gasteiger partial charge in [-0.15, -0.1) is 0 Å². The van der Waals surface area contributed by atoms with E-state index in [0.717, 1.165) is 27.8 Å². The number of hydrogen-bond acceptors (Lipinski definition) is 4. The van der Waals surface area contributed by atoms with Gasteiger partial charge in [0.1, 0.15) is 0 Å². The molecule has 1 unspecified atom stereocenters. The highest BCUT2D eigenvalue weighted by Gasteiger charge is 2.40. The lowest BCUT2D eigenvalue weighted by atomic mass is 9.86. The monoisotopic (exact) mass is 455 g/mol. The Labute approximate surface area is 192 Å². The molecule has 0 saturated carbocycles. The molecule has 0 bridgehead atoms. The van der Waals surface area contributed by atoms with Crippen molar-refractivity contribution in [2.24, 2.45) is 0 Å². The van der Waals surface area contributed by atoms with Crippen LogP contribution in [0.15, 0.2) is 95.9 Å². The first kappa shape index (κ1) is 19.9. The van der Waals surface area contributed by atoms with Gasteiger partial charge in [0.15, 0.2) is 11.5 Å². The van der Waals surface area contributed by atoms with Gasteiger partial charge >= 0.3 is 0 Å². The fraction of sp³-hybridized carbons (Fsp3) is 0.111. The number of benzene rings is 4. The summed E-state index contributed by atoms with van der Waals surface area (Å²) in [7, 11) is -3.89. The van der Waals surface area contributed by atoms with Crippen molar-refractivity contribution in [1.29, 1.82) is 0 Å². The summed E-state index contributed by atoms with van der Waals surface area (Å²) >= 11 is 0. The zero-order valence-electron chi connectivity index (χ0n) is 17.9. The second-order valence-electron chi connectivity index (χ2n) is 8.23. The van der Waals surface area contributed by atoms with Crippen LogP contribution in [0, 0.1) is 6.92 Å². The molecule has 0 spiro atoms. The minimum atomic E-state index is -3.89. The van der Waals surface area contributed by atoms with E-state index in [1.54, 1.807) is 16.4 Å². The molecule has 0 radical (unpaired) electrons. The third-order valence-electron chi connectivity index (χ3n) is 6.21. The Morgan fingerprint density at radius 3 is 2.30 bits per heavy atom. The molecule has 0 saturated heterocycles. The molecule has 6 heteroatoms. The van der Waals surface area contributed by atoms with Crippen LogP contribution in [0.1, 0.15) is 22.7 Å². The number of hydrogen-bond donors (Lipinski definition) is 0. The van der Waals surface area contributed by atoms with E-state index >= 15 is 0 Å². The van der Waals surface area contributed by atoms with Crippen LogP contribution in [0.4, 0.5) is 5.69 Å². The maximum Gasteiger partial charge on any atom is 0.265 e. The maximum absolute atomic E-state index is 14.2. The third kappa shape index (κ3) is 3.09. The number of aryl methyl sites for hydroxylation is 1. The van der Waals surface area contributed by atoms with Crippen LogP contribution in [0.2, 0.25) is 0 Å². The van der Waals surface area contributed by atoms with Gasteiger partial charge in [-0.25, -0.2) is 8.42 Å². The normalized spacial score (nSPS) is 16.3. The quantitative estimate of drug-likeness (QED) is 0.398. The van der Waals surface area contributed by atoms with E-state index in [9.17, 15) is 8.42 Å². The Balaban J connectivity index is 1.63. The van der Waals surface area contributed by atoms with E-state index in [-0.39, 0.29) is 11.7 Å². The smallest absolute Gasteiger partial charge is 0.265 e. The second-order valence-corrected chi connectivity index (χ2v) is 10.0. The van der Waals surface area contributed by atoms with Gasteiger partial charge in [0.05, 0.1) is 16.6 Å². The SMILES string of the molecule is Cc1ccc(S(=O)(=O)N2c3ccccc3-c3ccccc3C2c2ccc3c(c2)OCO3)cc1. The molecule has 0 aliphatic carbocycles. The summed E-state index contributed by atoms with van der Waals surface area (Å²) in [5.74, 6) is 1.28. The lowest BCUT2D eigenvalue weighted by Gasteiger charge is -2.39. The number of anilines is 1. The first-order chi connectivity index (χ1) is 16.0. The Kier molecular flexibility index (Phi) is 4.45. The molecule has 2 aliphatic rings. The van der Waals surface area contributed by atoms with Gasteiger partial charge in [0.25, 0.3) is 10.0 Å². The molecular weight excluding hydrogens is 434 g/mol. The van der Waals surface area contributed by atoms with E-state index in [2.05, 4.69) is 0 Å². The number of nitrogens with zero attached hydrogens (tertiary/aromatic N) is 1. The topological polar surface area (TPSA) is 55.8 Å². The minimum Gasteiger partial charge on any atom is -0.454 e. The molecule has 1 atom stereocenters. The van der Waals surface area contributed by atoms with Crippen LogP contribution in [-0.2, 0) is 10.0 Å². The van der Waals surface area contributed by atoms with Gasteiger partial charge in [-0.1, -0.05) is 66.2 Å². The van der Waals surface area contributed by atoms with Crippen LogP contribution in [0.3, 0.4) is 0 Å². The second kappa shape index (κ2) is 7.39. The van der Waals surface area contributed by atoms with E-state index in [0.29, 0.717) is 17.2 Å². The van der Waals surface area contributed by atoms with E-state index in [1.165, 1.54) is 0 Å². The largest absolute Gasteiger partial charge is 0.454 e. The third-order valence-corrected chi connectivity index (χ3v) is 8.00. The highest BCUT2D eigenvalue weighted by Crippen LogP contribution is 2.50. The average Bonchev–Trinajstić information content (AvgIpc) is 3.31. The first-order valence-electron chi connectivity index (χ1n) is 10.7. The molecule has 0 aromatic heterocycles. The minimum absolute atomic E-state index is 0.161. The Hall–Kier alpha value is -3.77. The van der Waals surface area contributed by atoms with Crippen molar-refractivity contribution in [3.63, 3.8) is 0 Å². The van der Waals surface area contributed by atoms with E-state index in [1.807, 2.05) is 85.8 Å². The van der Waals surface area contributed by atoms with Crippen molar-refractivity contribution in [1.82, 2.24) is 0 Å². The molecule has 4 aromatic rings. The number of ether oxygens (including phenoxy) is 2. The van der Waals surface area contributed by atoms with Crippen LogP contribution < -0.4 is 13.8 Å². The average molecular weight is 456 g/mol. The number of para-hydroxylation sites is 1. The number of rotatable bonds is 3. The zero-order chi connectivity index (χ0) is 22.6. The highest BCUT2D eigenvalue weighted by atomic mass is 32.2. The molecule has 0 fully saturated rings. The van der Waals surface area contributed by atoms with Crippen molar-refractivity contribution in [2.45, 2.75) is 17.9 Å². The Morgan fingerprint density at radius 1 is 0.788 bits per heavy atom. The van der Waals surface area contributed by atoms with Crippen LogP contribution >= 0.6 is 0 Å². The number of sulfonamides is 1. The van der Waals surface area contributed by atoms with Crippen molar-refractivity contribution in [2.75, 3.05) is 11.1 Å². The van der Waals surface area contributed by atoms with Crippen LogP contribution in [0.5, 0.6) is 11.5 Å². The van der Waals surface area contributed by atoms with Crippen LogP contribution in [-0.4, -0.2) is 15.2 Å². The summed E-state index contributed by atoms with van der Waals surface area (Å²) in [6.45, 7) is 2.10. The van der Waals surface area contributed by atoms with Gasteiger partial charge in [-0.3, -0.25) is 4.31 Å². The Morgan fingerprint density at radius 2 is 1.48 bits per heavy atom. The van der Waals surface area contributed by atoms with Crippen molar-refractivity contribution < 1.29 is 17.9 Å². The Bertz CT molecular complexity index is 1480. The van der Waals surface area contributed by atoms with Crippen LogP contribution in [0.25, 0.3) is 11.1 Å². The summed E-state index contributed by atoms with van der Waals surface area (Å²) in [6.07, 6.45) is 0. The van der Waals surface area contributed by atoms with Gasteiger partial charge in [0.2, 0.25) is 6.79 Å². The molecule has 0 N–H and O–H groups in total. The fourth-order valence-electron chi connectivity index (χ4n) is 4.63. The molecular formula is C27H21NO4S. The zero-order valence-corrected chi connectivity index (χ0v) is 18.7. The molecule has 4 aromatic carbocycles. The predicted molar refractivity (Wildman–Crippen MR) is 127 cm³/mol. The highest BCUT2D eigenvalue weighted by molar-refractivity contribution is 7.92. The van der Waals surface area contributed by atoms with Crippen molar-refractivity contribution >= 4 is 15.7 Å². The summed E-state index contributed by atoms with van der Waals surface area (Å²) in [6, 6.07) is 27.7. The predicted octanol–water partition coefficient (Wildman–Crippen LogP) is 5.69. The molecule has 2 heterocycles. The standard InChI is InChI=1S/C27H21NO4S/c1-18-10-13-20(14-11-18)33(29,30)28-24-9-5-4-7-22(24)21-6-2-3-8-23(21)27(28)19-12-15-25-26(16-19)32-17-31-25/h2-16,27H,17H2,1H3. The summed E-state index contributed by atoms with van der Waals surface area (Å²) in [5.41, 5.74) is 5.31. The van der Waals surface area contributed by atoms with Crippen molar-refractivity contribution in [3.8, 4) is 22.6 Å². The van der Waals surface area contributed by atoms with Gasteiger partial charge in [-0.05, 0) is 53.9 Å². The molecule has 33 heavy (non-hydrogen) atoms. The maximum atomic E-state index is 14.2. The van der Waals surface area contributed by atoms with Gasteiger partial charge < -0.3 is 9.47 Å². The van der Waals surface area contributed by atoms with Crippen molar-refractivity contribution in [3.05, 3.63) is 108 Å². The fourth-order valence-corrected chi connectivity index (χ4v) is 6.27. The first-order valence-corrected chi connectivity index (χ1v) is 12.2. The molecule has 2 aliphatic heterocycles. The van der Waals surface area contributed by atoms with E-state index < -0.39 is 16.1 Å². The lowest BCUT2D eigenvalue weighted by Crippen LogP contribution is -2.38. The van der Waals surface area contributed by atoms with Gasteiger partial charge in [-0.2, -0.15) is 0 Å². The van der Waals surface area contributed by atoms with E-state index in [4.69, 9.17) is 9.47 Å². The molecule has 5 nitrogen and oxygen atoms in total. The summed E-state index contributed by atoms with van der Waals surface area (Å²) < 4.78 is 41.0. The number of fused-ring (bicyclic) bond motifs is 4. The summed E-state index contributed by atoms with van der Waals surface area (Å²) in [4.78, 5) is 0.257. The van der Waals surface area contributed by atoms with Gasteiger partial charge in [0, 0.05) is 5.56 Å². The summed E-state index contributed by atoms with van der Waals surface area (Å²) in [5, 5.41) is 0. The molecule has 0 amide bonds.